The van der Waals surface area contributed by atoms with Crippen LogP contribution in [0.1, 0.15) is 11.1 Å². The van der Waals surface area contributed by atoms with Gasteiger partial charge in [-0.3, -0.25) is 9.78 Å². The Bertz CT molecular complexity index is 1260. The molecule has 2 aromatic carbocycles. The van der Waals surface area contributed by atoms with Gasteiger partial charge in [-0.2, -0.15) is 0 Å². The first-order chi connectivity index (χ1) is 15.6. The lowest BCUT2D eigenvalue weighted by Gasteiger charge is -2.22. The van der Waals surface area contributed by atoms with Crippen molar-refractivity contribution in [2.24, 2.45) is 5.73 Å². The molecule has 1 atom stereocenters. The lowest BCUT2D eigenvalue weighted by Crippen LogP contribution is -2.44. The van der Waals surface area contributed by atoms with Crippen LogP contribution in [0.15, 0.2) is 71.4 Å². The molecular weight excluding hydrogens is 404 g/mol. The number of rotatable bonds is 5. The molecule has 4 aromatic rings. The summed E-state index contributed by atoms with van der Waals surface area (Å²) in [6, 6.07) is 17.0. The van der Waals surface area contributed by atoms with E-state index in [-0.39, 0.29) is 11.9 Å². The molecule has 1 amide bonds. The minimum atomic E-state index is -0.643. The number of nitrogens with zero attached hydrogens (tertiary/aromatic N) is 4. The van der Waals surface area contributed by atoms with Crippen LogP contribution in [0, 0.1) is 0 Å². The minimum Gasteiger partial charge on any atom is -0.404 e. The number of carbonyl (C=O) groups is 1. The van der Waals surface area contributed by atoms with Crippen LogP contribution in [0.5, 0.6) is 0 Å². The predicted octanol–water partition coefficient (Wildman–Crippen LogP) is 2.84. The zero-order valence-electron chi connectivity index (χ0n) is 17.3. The van der Waals surface area contributed by atoms with Crippen molar-refractivity contribution in [3.63, 3.8) is 0 Å². The third-order valence-electron chi connectivity index (χ3n) is 5.67. The van der Waals surface area contributed by atoms with Crippen LogP contribution < -0.4 is 16.4 Å². The number of carbonyl (C=O) groups excluding carboxylic acids is 1. The van der Waals surface area contributed by atoms with E-state index in [1.54, 1.807) is 17.3 Å². The third-order valence-corrected chi connectivity index (χ3v) is 5.67. The Morgan fingerprint density at radius 2 is 1.84 bits per heavy atom. The summed E-state index contributed by atoms with van der Waals surface area (Å²) in [5.41, 5.74) is 17.4. The van der Waals surface area contributed by atoms with Crippen LogP contribution in [0.2, 0.25) is 0 Å². The van der Waals surface area contributed by atoms with Crippen molar-refractivity contribution in [1.29, 1.82) is 0 Å². The monoisotopic (exact) mass is 426 g/mol. The molecule has 0 spiro atoms. The summed E-state index contributed by atoms with van der Waals surface area (Å²) < 4.78 is 5.52. The number of nitrogens with two attached hydrogens (primary N) is 2. The van der Waals surface area contributed by atoms with E-state index >= 15 is 0 Å². The number of benzene rings is 2. The third kappa shape index (κ3) is 3.72. The normalized spacial score (nSPS) is 13.7. The highest BCUT2D eigenvalue weighted by Crippen LogP contribution is 2.40. The number of nitrogen functional groups attached to an aromatic ring is 1. The molecular formula is C24H22N6O2. The van der Waals surface area contributed by atoms with E-state index in [1.807, 2.05) is 54.6 Å². The van der Waals surface area contributed by atoms with Gasteiger partial charge in [0.2, 0.25) is 11.8 Å². The number of aromatic nitrogens is 3. The molecule has 1 aliphatic heterocycles. The molecule has 0 saturated heterocycles. The molecule has 1 aliphatic rings. The summed E-state index contributed by atoms with van der Waals surface area (Å²) in [5, 5.41) is 7.88. The van der Waals surface area contributed by atoms with Crippen LogP contribution in [-0.4, -0.2) is 33.7 Å². The van der Waals surface area contributed by atoms with Gasteiger partial charge in [-0.25, -0.2) is 0 Å². The molecule has 4 N–H and O–H groups in total. The molecule has 0 unspecified atom stereocenters. The zero-order chi connectivity index (χ0) is 22.1. The van der Waals surface area contributed by atoms with Crippen molar-refractivity contribution in [2.75, 3.05) is 17.2 Å². The molecule has 0 aliphatic carbocycles. The second kappa shape index (κ2) is 8.24. The van der Waals surface area contributed by atoms with Gasteiger partial charge in [0.05, 0.1) is 6.04 Å². The van der Waals surface area contributed by atoms with Crippen LogP contribution in [-0.2, 0) is 17.6 Å². The summed E-state index contributed by atoms with van der Waals surface area (Å²) in [4.78, 5) is 19.2. The van der Waals surface area contributed by atoms with Gasteiger partial charge in [-0.05, 0) is 59.4 Å². The maximum Gasteiger partial charge on any atom is 0.313 e. The maximum atomic E-state index is 13.3. The summed E-state index contributed by atoms with van der Waals surface area (Å²) in [6.07, 6.45) is 4.59. The van der Waals surface area contributed by atoms with Gasteiger partial charge >= 0.3 is 6.01 Å². The summed E-state index contributed by atoms with van der Waals surface area (Å²) in [7, 11) is 0. The van der Waals surface area contributed by atoms with Crippen LogP contribution in [0.4, 0.5) is 11.7 Å². The molecule has 32 heavy (non-hydrogen) atoms. The van der Waals surface area contributed by atoms with E-state index in [0.717, 1.165) is 33.5 Å². The summed E-state index contributed by atoms with van der Waals surface area (Å²) in [6.45, 7) is 0.535. The summed E-state index contributed by atoms with van der Waals surface area (Å²) >= 11 is 0. The molecule has 160 valence electrons. The van der Waals surface area contributed by atoms with Crippen molar-refractivity contribution in [3.8, 4) is 22.6 Å². The second-order valence-electron chi connectivity index (χ2n) is 7.74. The van der Waals surface area contributed by atoms with E-state index in [9.17, 15) is 4.79 Å². The van der Waals surface area contributed by atoms with E-state index in [0.29, 0.717) is 25.3 Å². The highest BCUT2D eigenvalue weighted by Gasteiger charge is 2.32. The van der Waals surface area contributed by atoms with Gasteiger partial charge < -0.3 is 20.8 Å². The first-order valence-electron chi connectivity index (χ1n) is 10.4. The fourth-order valence-corrected chi connectivity index (χ4v) is 4.13. The van der Waals surface area contributed by atoms with Gasteiger partial charge in [-0.15, -0.1) is 5.10 Å². The first-order valence-corrected chi connectivity index (χ1v) is 10.4. The number of pyridine rings is 1. The van der Waals surface area contributed by atoms with Gasteiger partial charge in [0.1, 0.15) is 0 Å². The smallest absolute Gasteiger partial charge is 0.313 e. The van der Waals surface area contributed by atoms with Crippen molar-refractivity contribution >= 4 is 17.6 Å². The Hall–Kier alpha value is -4.04. The number of hydrogen-bond donors (Lipinski definition) is 2. The summed E-state index contributed by atoms with van der Waals surface area (Å²) in [5.74, 6) is 0.216. The quantitative estimate of drug-likeness (QED) is 0.503. The molecule has 0 fully saturated rings. The van der Waals surface area contributed by atoms with E-state index < -0.39 is 6.04 Å². The number of fused-ring (bicyclic) bond motifs is 1. The SMILES string of the molecule is Nc1nnc(-c2cc(-c3ccncc3)cc3c2CCN3C(=O)[C@@H](N)Cc2ccccc2)o1. The average molecular weight is 426 g/mol. The Morgan fingerprint density at radius 3 is 2.56 bits per heavy atom. The van der Waals surface area contributed by atoms with E-state index in [4.69, 9.17) is 15.9 Å². The van der Waals surface area contributed by atoms with Gasteiger partial charge in [-0.1, -0.05) is 35.4 Å². The van der Waals surface area contributed by atoms with Crippen LogP contribution in [0.3, 0.4) is 0 Å². The van der Waals surface area contributed by atoms with Crippen molar-refractivity contribution in [3.05, 3.63) is 78.1 Å². The topological polar surface area (TPSA) is 124 Å². The zero-order valence-corrected chi connectivity index (χ0v) is 17.3. The average Bonchev–Trinajstić information content (AvgIpc) is 3.45. The molecule has 8 nitrogen and oxygen atoms in total. The molecule has 0 radical (unpaired) electrons. The molecule has 5 rings (SSSR count). The molecule has 8 heteroatoms. The first kappa shape index (κ1) is 19.9. The predicted molar refractivity (Wildman–Crippen MR) is 122 cm³/mol. The standard InChI is InChI=1S/C24H22N6O2/c25-20(12-15-4-2-1-3-5-15)23(31)30-11-8-18-19(22-28-29-24(26)32-22)13-17(14-21(18)30)16-6-9-27-10-7-16/h1-7,9-10,13-14,20H,8,11-12,25H2,(H2,26,29)/t20-/m0/s1. The largest absolute Gasteiger partial charge is 0.404 e. The van der Waals surface area contributed by atoms with Crippen molar-refractivity contribution < 1.29 is 9.21 Å². The van der Waals surface area contributed by atoms with Crippen molar-refractivity contribution in [2.45, 2.75) is 18.9 Å². The van der Waals surface area contributed by atoms with Crippen LogP contribution in [0.25, 0.3) is 22.6 Å². The Morgan fingerprint density at radius 1 is 1.06 bits per heavy atom. The van der Waals surface area contributed by atoms with Gasteiger partial charge in [0.25, 0.3) is 0 Å². The highest BCUT2D eigenvalue weighted by atomic mass is 16.4. The number of hydrogen-bond acceptors (Lipinski definition) is 7. The van der Waals surface area contributed by atoms with E-state index in [1.165, 1.54) is 0 Å². The highest BCUT2D eigenvalue weighted by molar-refractivity contribution is 6.01. The van der Waals surface area contributed by atoms with Gasteiger partial charge in [0.15, 0.2) is 0 Å². The molecule has 0 bridgehead atoms. The Kier molecular flexibility index (Phi) is 5.12. The second-order valence-corrected chi connectivity index (χ2v) is 7.74. The lowest BCUT2D eigenvalue weighted by atomic mass is 9.97. The fraction of sp³-hybridized carbons (Fsp3) is 0.167. The maximum absolute atomic E-state index is 13.3. The number of amides is 1. The minimum absolute atomic E-state index is 0.00104. The van der Waals surface area contributed by atoms with Crippen LogP contribution >= 0.6 is 0 Å². The number of anilines is 2. The van der Waals surface area contributed by atoms with Gasteiger partial charge in [0, 0.05) is 30.2 Å². The molecule has 2 aromatic heterocycles. The Balaban J connectivity index is 1.54. The van der Waals surface area contributed by atoms with E-state index in [2.05, 4.69) is 15.2 Å². The Labute approximate surface area is 184 Å². The fourth-order valence-electron chi connectivity index (χ4n) is 4.13. The lowest BCUT2D eigenvalue weighted by molar-refractivity contribution is -0.119. The molecule has 0 saturated carbocycles. The van der Waals surface area contributed by atoms with Crippen molar-refractivity contribution in [1.82, 2.24) is 15.2 Å². The molecule has 3 heterocycles.